The summed E-state index contributed by atoms with van der Waals surface area (Å²) in [4.78, 5) is 35.7. The molecule has 0 fully saturated rings. The van der Waals surface area contributed by atoms with Crippen LogP contribution < -0.4 is 0 Å². The predicted octanol–water partition coefficient (Wildman–Crippen LogP) is 2.40. The van der Waals surface area contributed by atoms with Crippen molar-refractivity contribution in [1.29, 1.82) is 0 Å². The Morgan fingerprint density at radius 2 is 1.61 bits per heavy atom. The molecular weight excluding hydrogens is 232 g/mol. The molecule has 18 heavy (non-hydrogen) atoms. The zero-order valence-electron chi connectivity index (χ0n) is 12.2. The van der Waals surface area contributed by atoms with E-state index in [2.05, 4.69) is 0 Å². The lowest BCUT2D eigenvalue weighted by Crippen LogP contribution is -2.36. The van der Waals surface area contributed by atoms with Crippen molar-refractivity contribution in [1.82, 2.24) is 0 Å². The summed E-state index contributed by atoms with van der Waals surface area (Å²) in [5.74, 6) is -2.08. The summed E-state index contributed by atoms with van der Waals surface area (Å²) in [5, 5.41) is 0. The molecule has 104 valence electrons. The number of ketones is 2. The summed E-state index contributed by atoms with van der Waals surface area (Å²) >= 11 is 0. The molecule has 0 aliphatic rings. The third-order valence-electron chi connectivity index (χ3n) is 2.68. The molecule has 0 aromatic carbocycles. The number of esters is 1. The highest BCUT2D eigenvalue weighted by Crippen LogP contribution is 2.24. The van der Waals surface area contributed by atoms with E-state index in [1.807, 2.05) is 0 Å². The zero-order valence-corrected chi connectivity index (χ0v) is 12.2. The molecule has 0 amide bonds. The third-order valence-corrected chi connectivity index (χ3v) is 2.68. The van der Waals surface area contributed by atoms with Gasteiger partial charge in [0.15, 0.2) is 5.78 Å². The van der Waals surface area contributed by atoms with Gasteiger partial charge in [0.1, 0.15) is 11.7 Å². The highest BCUT2D eigenvalue weighted by Gasteiger charge is 2.37. The lowest BCUT2D eigenvalue weighted by Gasteiger charge is -2.23. The molecule has 0 heterocycles. The van der Waals surface area contributed by atoms with Crippen LogP contribution in [-0.4, -0.2) is 24.1 Å². The first-order chi connectivity index (χ1) is 8.11. The van der Waals surface area contributed by atoms with Crippen molar-refractivity contribution in [2.45, 2.75) is 48.0 Å². The Hall–Kier alpha value is -1.19. The normalized spacial score (nSPS) is 13.3. The molecule has 0 saturated heterocycles. The van der Waals surface area contributed by atoms with Gasteiger partial charge in [0.2, 0.25) is 0 Å². The zero-order chi connectivity index (χ0) is 14.5. The van der Waals surface area contributed by atoms with Crippen molar-refractivity contribution >= 4 is 17.5 Å². The van der Waals surface area contributed by atoms with Gasteiger partial charge in [0.25, 0.3) is 0 Å². The van der Waals surface area contributed by atoms with Gasteiger partial charge in [-0.2, -0.15) is 0 Å². The smallest absolute Gasteiger partial charge is 0.316 e. The number of hydrogen-bond acceptors (Lipinski definition) is 4. The maximum absolute atomic E-state index is 12.2. The van der Waals surface area contributed by atoms with E-state index in [9.17, 15) is 14.4 Å². The van der Waals surface area contributed by atoms with Gasteiger partial charge >= 0.3 is 5.97 Å². The highest BCUT2D eigenvalue weighted by atomic mass is 16.5. The lowest BCUT2D eigenvalue weighted by molar-refractivity contribution is -0.155. The van der Waals surface area contributed by atoms with Gasteiger partial charge in [-0.25, -0.2) is 0 Å². The van der Waals surface area contributed by atoms with Crippen LogP contribution in [0.3, 0.4) is 0 Å². The van der Waals surface area contributed by atoms with Crippen LogP contribution in [-0.2, 0) is 19.1 Å². The molecule has 4 heteroatoms. The van der Waals surface area contributed by atoms with Crippen LogP contribution in [0.4, 0.5) is 0 Å². The molecule has 1 atom stereocenters. The standard InChI is InChI=1S/C14H24O4/c1-7-18-13(17)10(8-11(15)9(2)3)12(16)14(4,5)6/h9-10H,7-8H2,1-6H3. The Morgan fingerprint density at radius 3 is 1.94 bits per heavy atom. The fourth-order valence-electron chi connectivity index (χ4n) is 1.49. The molecule has 1 unspecified atom stereocenters. The molecule has 0 spiro atoms. The van der Waals surface area contributed by atoms with Crippen molar-refractivity contribution in [3.63, 3.8) is 0 Å². The first kappa shape index (κ1) is 16.8. The van der Waals surface area contributed by atoms with E-state index >= 15 is 0 Å². The Kier molecular flexibility index (Phi) is 6.22. The number of hydrogen-bond donors (Lipinski definition) is 0. The van der Waals surface area contributed by atoms with E-state index in [0.717, 1.165) is 0 Å². The van der Waals surface area contributed by atoms with Gasteiger partial charge in [-0.3, -0.25) is 14.4 Å². The molecule has 0 aliphatic carbocycles. The van der Waals surface area contributed by atoms with Crippen LogP contribution in [0.25, 0.3) is 0 Å². The minimum Gasteiger partial charge on any atom is -0.465 e. The number of carbonyl (C=O) groups is 3. The Morgan fingerprint density at radius 1 is 1.11 bits per heavy atom. The summed E-state index contributed by atoms with van der Waals surface area (Å²) < 4.78 is 4.89. The molecule has 0 N–H and O–H groups in total. The van der Waals surface area contributed by atoms with Gasteiger partial charge in [-0.05, 0) is 6.92 Å². The van der Waals surface area contributed by atoms with E-state index in [1.54, 1.807) is 41.5 Å². The minimum absolute atomic E-state index is 0.0629. The molecule has 0 aliphatic heterocycles. The maximum atomic E-state index is 12.2. The second kappa shape index (κ2) is 6.66. The van der Waals surface area contributed by atoms with E-state index in [0.29, 0.717) is 0 Å². The van der Waals surface area contributed by atoms with Crippen LogP contribution in [0.2, 0.25) is 0 Å². The van der Waals surface area contributed by atoms with E-state index in [-0.39, 0.29) is 30.5 Å². The molecule has 0 radical (unpaired) electrons. The van der Waals surface area contributed by atoms with Crippen molar-refractivity contribution in [3.05, 3.63) is 0 Å². The second-order valence-electron chi connectivity index (χ2n) is 5.74. The molecular formula is C14H24O4. The third kappa shape index (κ3) is 4.98. The maximum Gasteiger partial charge on any atom is 0.316 e. The van der Waals surface area contributed by atoms with E-state index < -0.39 is 17.3 Å². The van der Waals surface area contributed by atoms with Crippen molar-refractivity contribution in [3.8, 4) is 0 Å². The van der Waals surface area contributed by atoms with Crippen LogP contribution in [0.15, 0.2) is 0 Å². The van der Waals surface area contributed by atoms with Crippen LogP contribution in [0, 0.1) is 17.3 Å². The summed E-state index contributed by atoms with van der Waals surface area (Å²) in [7, 11) is 0. The quantitative estimate of drug-likeness (QED) is 0.541. The molecule has 0 aromatic heterocycles. The molecule has 0 saturated carbocycles. The highest BCUT2D eigenvalue weighted by molar-refractivity contribution is 6.04. The van der Waals surface area contributed by atoms with Gasteiger partial charge in [-0.1, -0.05) is 34.6 Å². The first-order valence-electron chi connectivity index (χ1n) is 6.34. The molecule has 0 rings (SSSR count). The number of carbonyl (C=O) groups excluding carboxylic acids is 3. The van der Waals surface area contributed by atoms with Crippen LogP contribution in [0.1, 0.15) is 48.0 Å². The van der Waals surface area contributed by atoms with Gasteiger partial charge in [0.05, 0.1) is 6.61 Å². The van der Waals surface area contributed by atoms with E-state index in [1.165, 1.54) is 0 Å². The Balaban J connectivity index is 5.01. The molecule has 0 bridgehead atoms. The van der Waals surface area contributed by atoms with Crippen LogP contribution >= 0.6 is 0 Å². The number of rotatable bonds is 6. The fraction of sp³-hybridized carbons (Fsp3) is 0.786. The monoisotopic (exact) mass is 256 g/mol. The van der Waals surface area contributed by atoms with Crippen LogP contribution in [0.5, 0.6) is 0 Å². The Bertz CT molecular complexity index is 323. The van der Waals surface area contributed by atoms with Gasteiger partial charge < -0.3 is 4.74 Å². The minimum atomic E-state index is -0.972. The predicted molar refractivity (Wildman–Crippen MR) is 69.0 cm³/mol. The summed E-state index contributed by atoms with van der Waals surface area (Å²) in [6, 6.07) is 0. The van der Waals surface area contributed by atoms with E-state index in [4.69, 9.17) is 4.74 Å². The van der Waals surface area contributed by atoms with Gasteiger partial charge in [-0.15, -0.1) is 0 Å². The SMILES string of the molecule is CCOC(=O)C(CC(=O)C(C)C)C(=O)C(C)(C)C. The average Bonchev–Trinajstić information content (AvgIpc) is 2.23. The second-order valence-corrected chi connectivity index (χ2v) is 5.74. The summed E-state index contributed by atoms with van der Waals surface area (Å²) in [6.07, 6.45) is -0.0629. The Labute approximate surface area is 109 Å². The summed E-state index contributed by atoms with van der Waals surface area (Å²) in [5.41, 5.74) is -0.658. The van der Waals surface area contributed by atoms with Crippen molar-refractivity contribution < 1.29 is 19.1 Å². The molecule has 0 aromatic rings. The number of Topliss-reactive ketones (excluding diaryl/α,β-unsaturated/α-hetero) is 2. The number of ether oxygens (including phenoxy) is 1. The molecule has 4 nitrogen and oxygen atoms in total. The lowest BCUT2D eigenvalue weighted by atomic mass is 9.80. The first-order valence-corrected chi connectivity index (χ1v) is 6.34. The fourth-order valence-corrected chi connectivity index (χ4v) is 1.49. The van der Waals surface area contributed by atoms with Crippen molar-refractivity contribution in [2.24, 2.45) is 17.3 Å². The largest absolute Gasteiger partial charge is 0.465 e. The topological polar surface area (TPSA) is 60.4 Å². The summed E-state index contributed by atoms with van der Waals surface area (Å²) in [6.45, 7) is 10.6. The van der Waals surface area contributed by atoms with Gasteiger partial charge in [0, 0.05) is 17.8 Å². The van der Waals surface area contributed by atoms with Crippen molar-refractivity contribution in [2.75, 3.05) is 6.61 Å². The average molecular weight is 256 g/mol.